The number of nitriles is 2. The Morgan fingerprint density at radius 3 is 2.59 bits per heavy atom. The number of nitrogen functional groups attached to an aromatic ring is 1. The van der Waals surface area contributed by atoms with Crippen LogP contribution in [0.3, 0.4) is 0 Å². The van der Waals surface area contributed by atoms with Gasteiger partial charge in [-0.05, 0) is 18.2 Å². The molecule has 3 N–H and O–H groups in total. The number of nitrogens with two attached hydrogens (primary N) is 1. The molecule has 0 saturated heterocycles. The standard InChI is InChI=1S/C11H7N5S/c12-4-7-1-2-9(3-8(7)5-13)16-11-15-6-10(14)17-11/h1-3,6H,14H2,(H,15,16). The van der Waals surface area contributed by atoms with Crippen LogP contribution in [0.2, 0.25) is 0 Å². The molecule has 17 heavy (non-hydrogen) atoms. The summed E-state index contributed by atoms with van der Waals surface area (Å²) in [5.41, 5.74) is 6.95. The van der Waals surface area contributed by atoms with Crippen molar-refractivity contribution in [3.63, 3.8) is 0 Å². The van der Waals surface area contributed by atoms with Crippen molar-refractivity contribution in [3.8, 4) is 12.1 Å². The number of anilines is 3. The molecule has 1 aromatic carbocycles. The van der Waals surface area contributed by atoms with E-state index in [1.165, 1.54) is 11.3 Å². The largest absolute Gasteiger partial charge is 0.389 e. The molecule has 0 saturated carbocycles. The Hall–Kier alpha value is -2.57. The number of thiazole rings is 1. The summed E-state index contributed by atoms with van der Waals surface area (Å²) >= 11 is 1.31. The van der Waals surface area contributed by atoms with Gasteiger partial charge in [-0.3, -0.25) is 0 Å². The number of hydrogen-bond acceptors (Lipinski definition) is 6. The minimum absolute atomic E-state index is 0.335. The van der Waals surface area contributed by atoms with Crippen LogP contribution in [0, 0.1) is 22.7 Å². The molecule has 82 valence electrons. The van der Waals surface area contributed by atoms with Gasteiger partial charge in [0.25, 0.3) is 0 Å². The van der Waals surface area contributed by atoms with E-state index in [-0.39, 0.29) is 0 Å². The second-order valence-electron chi connectivity index (χ2n) is 3.18. The fraction of sp³-hybridized carbons (Fsp3) is 0. The highest BCUT2D eigenvalue weighted by atomic mass is 32.1. The molecule has 0 aliphatic rings. The van der Waals surface area contributed by atoms with E-state index in [1.807, 2.05) is 12.1 Å². The van der Waals surface area contributed by atoms with Gasteiger partial charge in [0.2, 0.25) is 0 Å². The van der Waals surface area contributed by atoms with Crippen molar-refractivity contribution in [3.05, 3.63) is 35.5 Å². The molecule has 2 rings (SSSR count). The van der Waals surface area contributed by atoms with Gasteiger partial charge in [-0.25, -0.2) is 4.98 Å². The maximum absolute atomic E-state index is 8.88. The molecule has 1 aromatic heterocycles. The van der Waals surface area contributed by atoms with Crippen molar-refractivity contribution in [1.82, 2.24) is 4.98 Å². The molecule has 0 bridgehead atoms. The summed E-state index contributed by atoms with van der Waals surface area (Å²) in [6, 6.07) is 8.85. The molecule has 6 heteroatoms. The number of benzene rings is 1. The molecule has 0 fully saturated rings. The van der Waals surface area contributed by atoms with E-state index in [1.54, 1.807) is 24.4 Å². The van der Waals surface area contributed by atoms with Crippen molar-refractivity contribution in [2.24, 2.45) is 0 Å². The molecule has 0 aliphatic heterocycles. The zero-order valence-electron chi connectivity index (χ0n) is 8.64. The summed E-state index contributed by atoms with van der Waals surface area (Å²) in [7, 11) is 0. The minimum Gasteiger partial charge on any atom is -0.389 e. The van der Waals surface area contributed by atoms with E-state index in [4.69, 9.17) is 16.3 Å². The third-order valence-corrected chi connectivity index (χ3v) is 2.78. The van der Waals surface area contributed by atoms with Gasteiger partial charge in [0.15, 0.2) is 5.13 Å². The Kier molecular flexibility index (Phi) is 2.91. The average molecular weight is 241 g/mol. The lowest BCUT2D eigenvalue weighted by molar-refractivity contribution is 1.38. The Balaban J connectivity index is 2.30. The van der Waals surface area contributed by atoms with Crippen LogP contribution in [-0.4, -0.2) is 4.98 Å². The highest BCUT2D eigenvalue weighted by molar-refractivity contribution is 7.19. The first-order valence-corrected chi connectivity index (χ1v) is 5.47. The molecule has 0 aliphatic carbocycles. The molecule has 0 spiro atoms. The van der Waals surface area contributed by atoms with Gasteiger partial charge in [0.1, 0.15) is 17.1 Å². The highest BCUT2D eigenvalue weighted by Gasteiger charge is 2.04. The second-order valence-corrected chi connectivity index (χ2v) is 4.24. The Labute approximate surface area is 102 Å². The molecule has 0 unspecified atom stereocenters. The van der Waals surface area contributed by atoms with E-state index in [0.29, 0.717) is 26.9 Å². The molecule has 5 nitrogen and oxygen atoms in total. The monoisotopic (exact) mass is 241 g/mol. The lowest BCUT2D eigenvalue weighted by atomic mass is 10.1. The predicted octanol–water partition coefficient (Wildman–Crippen LogP) is 2.21. The summed E-state index contributed by atoms with van der Waals surface area (Å²) in [5.74, 6) is 0. The second kappa shape index (κ2) is 4.52. The first-order chi connectivity index (χ1) is 8.22. The van der Waals surface area contributed by atoms with Gasteiger partial charge in [0, 0.05) is 5.69 Å². The van der Waals surface area contributed by atoms with Gasteiger partial charge in [-0.15, -0.1) is 0 Å². The van der Waals surface area contributed by atoms with Gasteiger partial charge >= 0.3 is 0 Å². The van der Waals surface area contributed by atoms with Crippen LogP contribution in [0.1, 0.15) is 11.1 Å². The van der Waals surface area contributed by atoms with Gasteiger partial charge in [-0.1, -0.05) is 11.3 Å². The van der Waals surface area contributed by atoms with E-state index in [0.717, 1.165) is 0 Å². The van der Waals surface area contributed by atoms with Crippen molar-refractivity contribution >= 4 is 27.2 Å². The number of nitrogens with zero attached hydrogens (tertiary/aromatic N) is 3. The first kappa shape index (κ1) is 10.9. The third-order valence-electron chi connectivity index (χ3n) is 2.04. The quantitative estimate of drug-likeness (QED) is 0.839. The summed E-state index contributed by atoms with van der Waals surface area (Å²) < 4.78 is 0. The van der Waals surface area contributed by atoms with Crippen LogP contribution in [-0.2, 0) is 0 Å². The smallest absolute Gasteiger partial charge is 0.189 e. The fourth-order valence-corrected chi connectivity index (χ4v) is 1.88. The summed E-state index contributed by atoms with van der Waals surface area (Å²) in [4.78, 5) is 4.04. The van der Waals surface area contributed by atoms with Crippen molar-refractivity contribution in [2.75, 3.05) is 11.1 Å². The highest BCUT2D eigenvalue weighted by Crippen LogP contribution is 2.24. The summed E-state index contributed by atoms with van der Waals surface area (Å²) in [6.07, 6.45) is 1.56. The molecular weight excluding hydrogens is 234 g/mol. The van der Waals surface area contributed by atoms with Crippen molar-refractivity contribution in [2.45, 2.75) is 0 Å². The molecular formula is C11H7N5S. The maximum Gasteiger partial charge on any atom is 0.189 e. The van der Waals surface area contributed by atoms with Crippen LogP contribution in [0.15, 0.2) is 24.4 Å². The van der Waals surface area contributed by atoms with E-state index in [2.05, 4.69) is 10.3 Å². The predicted molar refractivity (Wildman–Crippen MR) is 65.7 cm³/mol. The number of nitrogens with one attached hydrogen (secondary N) is 1. The zero-order valence-corrected chi connectivity index (χ0v) is 9.45. The molecule has 1 heterocycles. The number of hydrogen-bond donors (Lipinski definition) is 2. The number of aromatic nitrogens is 1. The molecule has 0 atom stereocenters. The van der Waals surface area contributed by atoms with Gasteiger partial charge in [-0.2, -0.15) is 10.5 Å². The van der Waals surface area contributed by atoms with E-state index < -0.39 is 0 Å². The van der Waals surface area contributed by atoms with Crippen molar-refractivity contribution in [1.29, 1.82) is 10.5 Å². The van der Waals surface area contributed by atoms with Gasteiger partial charge < -0.3 is 11.1 Å². The van der Waals surface area contributed by atoms with Crippen molar-refractivity contribution < 1.29 is 0 Å². The minimum atomic E-state index is 0.335. The summed E-state index contributed by atoms with van der Waals surface area (Å²) in [5, 5.41) is 21.9. The van der Waals surface area contributed by atoms with E-state index in [9.17, 15) is 0 Å². The topological polar surface area (TPSA) is 98.5 Å². The number of rotatable bonds is 2. The van der Waals surface area contributed by atoms with Crippen LogP contribution < -0.4 is 11.1 Å². The maximum atomic E-state index is 8.88. The third kappa shape index (κ3) is 2.33. The summed E-state index contributed by atoms with van der Waals surface area (Å²) in [6.45, 7) is 0. The first-order valence-electron chi connectivity index (χ1n) is 4.65. The van der Waals surface area contributed by atoms with Crippen LogP contribution in [0.25, 0.3) is 0 Å². The lowest BCUT2D eigenvalue weighted by Crippen LogP contribution is -1.91. The van der Waals surface area contributed by atoms with E-state index >= 15 is 0 Å². The normalized spacial score (nSPS) is 9.29. The molecule has 0 amide bonds. The molecule has 0 radical (unpaired) electrons. The average Bonchev–Trinajstić information content (AvgIpc) is 2.74. The van der Waals surface area contributed by atoms with Gasteiger partial charge in [0.05, 0.1) is 17.3 Å². The van der Waals surface area contributed by atoms with Crippen LogP contribution in [0.5, 0.6) is 0 Å². The zero-order chi connectivity index (χ0) is 12.3. The van der Waals surface area contributed by atoms with Crippen LogP contribution >= 0.6 is 11.3 Å². The Bertz CT molecular complexity index is 632. The Morgan fingerprint density at radius 2 is 2.00 bits per heavy atom. The Morgan fingerprint density at radius 1 is 1.24 bits per heavy atom. The molecule has 2 aromatic rings. The fourth-order valence-electron chi connectivity index (χ4n) is 1.28. The lowest BCUT2D eigenvalue weighted by Gasteiger charge is -2.03. The van der Waals surface area contributed by atoms with Crippen LogP contribution in [0.4, 0.5) is 15.8 Å². The SMILES string of the molecule is N#Cc1ccc(Nc2ncc(N)s2)cc1C#N.